The van der Waals surface area contributed by atoms with Crippen molar-refractivity contribution in [3.63, 3.8) is 0 Å². The zero-order valence-electron chi connectivity index (χ0n) is 7.80. The first kappa shape index (κ1) is 10.2. The SMILES string of the molecule is COC(=O)CC=Cc1cnc(N)nc1. The van der Waals surface area contributed by atoms with Crippen molar-refractivity contribution in [2.24, 2.45) is 0 Å². The molecule has 0 atom stereocenters. The molecule has 0 unspecified atom stereocenters. The van der Waals surface area contributed by atoms with E-state index in [-0.39, 0.29) is 18.3 Å². The van der Waals surface area contributed by atoms with Crippen LogP contribution in [0, 0.1) is 0 Å². The Morgan fingerprint density at radius 2 is 2.21 bits per heavy atom. The predicted octanol–water partition coefficient (Wildman–Crippen LogP) is 0.635. The van der Waals surface area contributed by atoms with E-state index in [2.05, 4.69) is 14.7 Å². The van der Waals surface area contributed by atoms with Crippen LogP contribution in [0.2, 0.25) is 0 Å². The zero-order valence-corrected chi connectivity index (χ0v) is 7.80. The molecule has 0 amide bonds. The third kappa shape index (κ3) is 3.22. The number of nitrogens with two attached hydrogens (primary N) is 1. The Morgan fingerprint density at radius 3 is 2.79 bits per heavy atom. The highest BCUT2D eigenvalue weighted by Crippen LogP contribution is 2.00. The Labute approximate surface area is 81.6 Å². The molecule has 1 aromatic heterocycles. The molecule has 0 spiro atoms. The van der Waals surface area contributed by atoms with E-state index in [0.717, 1.165) is 5.56 Å². The van der Waals surface area contributed by atoms with Gasteiger partial charge in [0, 0.05) is 18.0 Å². The smallest absolute Gasteiger partial charge is 0.309 e. The molecule has 0 saturated carbocycles. The molecule has 5 nitrogen and oxygen atoms in total. The number of ether oxygens (including phenoxy) is 1. The number of carbonyl (C=O) groups is 1. The maximum absolute atomic E-state index is 10.7. The molecule has 1 rings (SSSR count). The van der Waals surface area contributed by atoms with Gasteiger partial charge in [0.1, 0.15) is 0 Å². The molecule has 0 saturated heterocycles. The van der Waals surface area contributed by atoms with Crippen molar-refractivity contribution in [3.05, 3.63) is 24.0 Å². The second kappa shape index (κ2) is 4.96. The van der Waals surface area contributed by atoms with Crippen LogP contribution in [0.3, 0.4) is 0 Å². The maximum Gasteiger partial charge on any atom is 0.309 e. The van der Waals surface area contributed by atoms with Gasteiger partial charge in [0.2, 0.25) is 5.95 Å². The van der Waals surface area contributed by atoms with Gasteiger partial charge >= 0.3 is 5.97 Å². The molecule has 0 aromatic carbocycles. The summed E-state index contributed by atoms with van der Waals surface area (Å²) in [5.41, 5.74) is 6.10. The van der Waals surface area contributed by atoms with Crippen molar-refractivity contribution < 1.29 is 9.53 Å². The fourth-order valence-corrected chi connectivity index (χ4v) is 0.809. The predicted molar refractivity (Wildman–Crippen MR) is 52.1 cm³/mol. The Morgan fingerprint density at radius 1 is 1.57 bits per heavy atom. The van der Waals surface area contributed by atoms with Crippen LogP contribution in [-0.4, -0.2) is 23.0 Å². The van der Waals surface area contributed by atoms with Crippen LogP contribution in [-0.2, 0) is 9.53 Å². The lowest BCUT2D eigenvalue weighted by Gasteiger charge is -1.93. The van der Waals surface area contributed by atoms with Gasteiger partial charge in [0.05, 0.1) is 13.5 Å². The van der Waals surface area contributed by atoms with Gasteiger partial charge in [0.15, 0.2) is 0 Å². The van der Waals surface area contributed by atoms with Gasteiger partial charge in [0.25, 0.3) is 0 Å². The number of nitrogen functional groups attached to an aromatic ring is 1. The number of esters is 1. The molecule has 0 aliphatic rings. The van der Waals surface area contributed by atoms with Crippen molar-refractivity contribution in [3.8, 4) is 0 Å². The minimum absolute atomic E-state index is 0.232. The molecule has 5 heteroatoms. The van der Waals surface area contributed by atoms with Gasteiger partial charge in [-0.1, -0.05) is 12.2 Å². The third-order valence-electron chi connectivity index (χ3n) is 1.51. The molecule has 0 aliphatic carbocycles. The van der Waals surface area contributed by atoms with Crippen LogP contribution in [0.5, 0.6) is 0 Å². The summed E-state index contributed by atoms with van der Waals surface area (Å²) in [5.74, 6) is -0.0484. The van der Waals surface area contributed by atoms with E-state index in [1.807, 2.05) is 0 Å². The van der Waals surface area contributed by atoms with Gasteiger partial charge in [-0.3, -0.25) is 4.79 Å². The van der Waals surface area contributed by atoms with Crippen molar-refractivity contribution >= 4 is 18.0 Å². The molecule has 74 valence electrons. The van der Waals surface area contributed by atoms with Crippen molar-refractivity contribution in [2.45, 2.75) is 6.42 Å². The molecule has 0 fully saturated rings. The topological polar surface area (TPSA) is 78.1 Å². The largest absolute Gasteiger partial charge is 0.469 e. The average Bonchev–Trinajstić information content (AvgIpc) is 2.21. The quantitative estimate of drug-likeness (QED) is 0.712. The van der Waals surface area contributed by atoms with Gasteiger partial charge in [-0.25, -0.2) is 9.97 Å². The Bertz CT molecular complexity index is 332. The second-order valence-corrected chi connectivity index (χ2v) is 2.56. The Balaban J connectivity index is 2.52. The number of anilines is 1. The Hall–Kier alpha value is -1.91. The van der Waals surface area contributed by atoms with Crippen LogP contribution < -0.4 is 5.73 Å². The molecule has 1 aromatic rings. The lowest BCUT2D eigenvalue weighted by Crippen LogP contribution is -1.96. The lowest BCUT2D eigenvalue weighted by atomic mass is 10.3. The average molecular weight is 193 g/mol. The molecule has 1 heterocycles. The summed E-state index contributed by atoms with van der Waals surface area (Å²) in [7, 11) is 1.35. The van der Waals surface area contributed by atoms with E-state index < -0.39 is 0 Å². The molecule has 0 radical (unpaired) electrons. The monoisotopic (exact) mass is 193 g/mol. The number of rotatable bonds is 3. The first-order chi connectivity index (χ1) is 6.72. The van der Waals surface area contributed by atoms with Gasteiger partial charge in [-0.2, -0.15) is 0 Å². The van der Waals surface area contributed by atoms with E-state index >= 15 is 0 Å². The standard InChI is InChI=1S/C9H11N3O2/c1-14-8(13)4-2-3-7-5-11-9(10)12-6-7/h2-3,5-6H,4H2,1H3,(H2,10,11,12). The fourth-order valence-electron chi connectivity index (χ4n) is 0.809. The number of hydrogen-bond donors (Lipinski definition) is 1. The lowest BCUT2D eigenvalue weighted by molar-refractivity contribution is -0.139. The first-order valence-corrected chi connectivity index (χ1v) is 4.03. The summed E-state index contributed by atoms with van der Waals surface area (Å²) in [4.78, 5) is 18.3. The first-order valence-electron chi connectivity index (χ1n) is 4.03. The van der Waals surface area contributed by atoms with Gasteiger partial charge < -0.3 is 10.5 Å². The summed E-state index contributed by atoms with van der Waals surface area (Å²) >= 11 is 0. The maximum atomic E-state index is 10.7. The van der Waals surface area contributed by atoms with Gasteiger partial charge in [-0.15, -0.1) is 0 Å². The summed E-state index contributed by atoms with van der Waals surface area (Å²) in [6, 6.07) is 0. The Kier molecular flexibility index (Phi) is 3.60. The molecular formula is C9H11N3O2. The molecule has 2 N–H and O–H groups in total. The number of carbonyl (C=O) groups excluding carboxylic acids is 1. The van der Waals surface area contributed by atoms with E-state index in [1.165, 1.54) is 7.11 Å². The highest BCUT2D eigenvalue weighted by atomic mass is 16.5. The number of methoxy groups -OCH3 is 1. The third-order valence-corrected chi connectivity index (χ3v) is 1.51. The number of hydrogen-bond acceptors (Lipinski definition) is 5. The highest BCUT2D eigenvalue weighted by molar-refractivity contribution is 5.72. The summed E-state index contributed by atoms with van der Waals surface area (Å²) in [6.07, 6.45) is 6.81. The van der Waals surface area contributed by atoms with Crippen molar-refractivity contribution in [2.75, 3.05) is 12.8 Å². The second-order valence-electron chi connectivity index (χ2n) is 2.56. The van der Waals surface area contributed by atoms with Crippen LogP contribution >= 0.6 is 0 Å². The van der Waals surface area contributed by atoms with Crippen LogP contribution in [0.4, 0.5) is 5.95 Å². The zero-order chi connectivity index (χ0) is 10.4. The van der Waals surface area contributed by atoms with E-state index in [9.17, 15) is 4.79 Å². The van der Waals surface area contributed by atoms with Crippen LogP contribution in [0.1, 0.15) is 12.0 Å². The minimum Gasteiger partial charge on any atom is -0.469 e. The normalized spacial score (nSPS) is 10.4. The number of nitrogens with zero attached hydrogens (tertiary/aromatic N) is 2. The fraction of sp³-hybridized carbons (Fsp3) is 0.222. The molecule has 0 bridgehead atoms. The minimum atomic E-state index is -0.280. The van der Waals surface area contributed by atoms with E-state index in [4.69, 9.17) is 5.73 Å². The van der Waals surface area contributed by atoms with E-state index in [0.29, 0.717) is 0 Å². The van der Waals surface area contributed by atoms with E-state index in [1.54, 1.807) is 24.5 Å². The van der Waals surface area contributed by atoms with Crippen LogP contribution in [0.25, 0.3) is 6.08 Å². The van der Waals surface area contributed by atoms with Crippen molar-refractivity contribution in [1.82, 2.24) is 9.97 Å². The van der Waals surface area contributed by atoms with Crippen LogP contribution in [0.15, 0.2) is 18.5 Å². The molecular weight excluding hydrogens is 182 g/mol. The highest BCUT2D eigenvalue weighted by Gasteiger charge is 1.94. The van der Waals surface area contributed by atoms with Gasteiger partial charge in [-0.05, 0) is 0 Å². The molecule has 0 aliphatic heterocycles. The van der Waals surface area contributed by atoms with Crippen molar-refractivity contribution in [1.29, 1.82) is 0 Å². The summed E-state index contributed by atoms with van der Waals surface area (Å²) in [5, 5.41) is 0. The summed E-state index contributed by atoms with van der Waals surface area (Å²) in [6.45, 7) is 0. The number of aromatic nitrogens is 2. The summed E-state index contributed by atoms with van der Waals surface area (Å²) < 4.78 is 4.47. The molecule has 14 heavy (non-hydrogen) atoms.